The number of piperidine rings is 2. The Morgan fingerprint density at radius 2 is 1.71 bits per heavy atom. The molecule has 8 heteroatoms. The minimum Gasteiger partial charge on any atom is -0.372 e. The van der Waals surface area contributed by atoms with Gasteiger partial charge in [-0.1, -0.05) is 26.0 Å². The third-order valence-corrected chi connectivity index (χ3v) is 8.50. The number of nitrogens with one attached hydrogen (secondary N) is 2. The van der Waals surface area contributed by atoms with Crippen LogP contribution in [0.15, 0.2) is 29.3 Å². The maximum atomic E-state index is 12.2. The minimum absolute atomic E-state index is 0.239. The van der Waals surface area contributed by atoms with Crippen LogP contribution in [0.1, 0.15) is 51.5 Å². The van der Waals surface area contributed by atoms with E-state index >= 15 is 0 Å². The Kier molecular flexibility index (Phi) is 8.60. The summed E-state index contributed by atoms with van der Waals surface area (Å²) in [7, 11) is -1.32. The molecule has 0 saturated carbocycles. The van der Waals surface area contributed by atoms with Crippen LogP contribution in [0.4, 0.5) is 5.69 Å². The van der Waals surface area contributed by atoms with Crippen molar-refractivity contribution in [2.75, 3.05) is 43.9 Å². The highest BCUT2D eigenvalue weighted by atomic mass is 32.2. The summed E-state index contributed by atoms with van der Waals surface area (Å²) in [4.78, 5) is 6.82. The van der Waals surface area contributed by atoms with E-state index in [0.29, 0.717) is 26.1 Å². The molecule has 3 rings (SSSR count). The van der Waals surface area contributed by atoms with Gasteiger partial charge in [-0.25, -0.2) is 12.7 Å². The van der Waals surface area contributed by atoms with Gasteiger partial charge >= 0.3 is 0 Å². The van der Waals surface area contributed by atoms with E-state index in [1.54, 1.807) is 11.4 Å². The zero-order valence-electron chi connectivity index (χ0n) is 19.3. The first-order valence-corrected chi connectivity index (χ1v) is 13.3. The smallest absolute Gasteiger partial charge is 0.214 e. The second-order valence-electron chi connectivity index (χ2n) is 8.90. The number of guanidine groups is 1. The van der Waals surface area contributed by atoms with Gasteiger partial charge in [0.05, 0.1) is 5.75 Å². The van der Waals surface area contributed by atoms with Crippen molar-refractivity contribution in [2.45, 2.75) is 58.5 Å². The molecule has 0 amide bonds. The first-order chi connectivity index (χ1) is 14.9. The standard InChI is InChI=1S/C23H39N5O2S/c1-4-17-31(29,30)28-15-11-21(12-16-28)26-23(24-3)25-18-20-5-7-22(8-6-20)27-13-9-19(2)10-14-27/h5-8,19,21H,4,9-18H2,1-3H3,(H2,24,25,26). The molecular weight excluding hydrogens is 410 g/mol. The Labute approximate surface area is 188 Å². The molecule has 31 heavy (non-hydrogen) atoms. The molecule has 174 valence electrons. The van der Waals surface area contributed by atoms with Crippen LogP contribution in [0, 0.1) is 5.92 Å². The van der Waals surface area contributed by atoms with Gasteiger partial charge < -0.3 is 15.5 Å². The predicted molar refractivity (Wildman–Crippen MR) is 129 cm³/mol. The van der Waals surface area contributed by atoms with Crippen molar-refractivity contribution in [2.24, 2.45) is 10.9 Å². The number of nitrogens with zero attached hydrogens (tertiary/aromatic N) is 3. The second kappa shape index (κ2) is 11.2. The van der Waals surface area contributed by atoms with E-state index in [2.05, 4.69) is 51.7 Å². The SMILES string of the molecule is CCCS(=O)(=O)N1CCC(NC(=NC)NCc2ccc(N3CCC(C)CC3)cc2)CC1. The van der Waals surface area contributed by atoms with Crippen molar-refractivity contribution < 1.29 is 8.42 Å². The molecular formula is C23H39N5O2S. The van der Waals surface area contributed by atoms with Crippen LogP contribution in [0.3, 0.4) is 0 Å². The van der Waals surface area contributed by atoms with Crippen molar-refractivity contribution in [1.82, 2.24) is 14.9 Å². The van der Waals surface area contributed by atoms with E-state index in [9.17, 15) is 8.42 Å². The van der Waals surface area contributed by atoms with Gasteiger partial charge in [-0.15, -0.1) is 0 Å². The van der Waals surface area contributed by atoms with Crippen molar-refractivity contribution in [3.8, 4) is 0 Å². The third-order valence-electron chi connectivity index (χ3n) is 6.42. The van der Waals surface area contributed by atoms with Crippen LogP contribution in [0.5, 0.6) is 0 Å². The summed E-state index contributed by atoms with van der Waals surface area (Å²) >= 11 is 0. The van der Waals surface area contributed by atoms with E-state index in [-0.39, 0.29) is 11.8 Å². The second-order valence-corrected chi connectivity index (χ2v) is 11.0. The van der Waals surface area contributed by atoms with Crippen LogP contribution < -0.4 is 15.5 Å². The van der Waals surface area contributed by atoms with E-state index in [1.807, 2.05) is 6.92 Å². The summed E-state index contributed by atoms with van der Waals surface area (Å²) in [6, 6.07) is 9.05. The Morgan fingerprint density at radius 1 is 1.06 bits per heavy atom. The Balaban J connectivity index is 1.44. The highest BCUT2D eigenvalue weighted by Gasteiger charge is 2.27. The summed E-state index contributed by atoms with van der Waals surface area (Å²) in [6.45, 7) is 8.40. The minimum atomic E-state index is -3.10. The fraction of sp³-hybridized carbons (Fsp3) is 0.696. The molecule has 2 fully saturated rings. The summed E-state index contributed by atoms with van der Waals surface area (Å²) in [6.07, 6.45) is 4.80. The van der Waals surface area contributed by atoms with E-state index < -0.39 is 10.0 Å². The van der Waals surface area contributed by atoms with Gasteiger partial charge in [0.1, 0.15) is 0 Å². The maximum absolute atomic E-state index is 12.2. The monoisotopic (exact) mass is 449 g/mol. The molecule has 0 unspecified atom stereocenters. The molecule has 2 heterocycles. The lowest BCUT2D eigenvalue weighted by molar-refractivity contribution is 0.306. The van der Waals surface area contributed by atoms with Gasteiger partial charge in [0.2, 0.25) is 10.0 Å². The number of aliphatic imine (C=N–C) groups is 1. The number of benzene rings is 1. The Bertz CT molecular complexity index is 809. The largest absolute Gasteiger partial charge is 0.372 e. The first-order valence-electron chi connectivity index (χ1n) is 11.7. The molecule has 2 aliphatic rings. The quantitative estimate of drug-likeness (QED) is 0.494. The Morgan fingerprint density at radius 3 is 2.29 bits per heavy atom. The number of hydrogen-bond donors (Lipinski definition) is 2. The topological polar surface area (TPSA) is 77.0 Å². The van der Waals surface area contributed by atoms with Gasteiger partial charge in [0.15, 0.2) is 5.96 Å². The molecule has 2 aliphatic heterocycles. The molecule has 0 spiro atoms. The van der Waals surface area contributed by atoms with Crippen molar-refractivity contribution in [3.63, 3.8) is 0 Å². The predicted octanol–water partition coefficient (Wildman–Crippen LogP) is 2.79. The number of anilines is 1. The van der Waals surface area contributed by atoms with Crippen LogP contribution in [0.25, 0.3) is 0 Å². The fourth-order valence-corrected chi connectivity index (χ4v) is 5.87. The molecule has 0 atom stereocenters. The molecule has 7 nitrogen and oxygen atoms in total. The summed E-state index contributed by atoms with van der Waals surface area (Å²) in [5, 5.41) is 6.85. The lowest BCUT2D eigenvalue weighted by Gasteiger charge is -2.32. The van der Waals surface area contributed by atoms with E-state index in [4.69, 9.17) is 0 Å². The van der Waals surface area contributed by atoms with Crippen molar-refractivity contribution >= 4 is 21.7 Å². The molecule has 1 aromatic rings. The summed E-state index contributed by atoms with van der Waals surface area (Å²) < 4.78 is 26.1. The van der Waals surface area contributed by atoms with Gasteiger partial charge in [-0.2, -0.15) is 0 Å². The van der Waals surface area contributed by atoms with Crippen LogP contribution in [0.2, 0.25) is 0 Å². The average molecular weight is 450 g/mol. The molecule has 2 saturated heterocycles. The maximum Gasteiger partial charge on any atom is 0.214 e. The third kappa shape index (κ3) is 6.84. The van der Waals surface area contributed by atoms with E-state index in [1.165, 1.54) is 24.1 Å². The average Bonchev–Trinajstić information content (AvgIpc) is 2.78. The number of hydrogen-bond acceptors (Lipinski definition) is 4. The lowest BCUT2D eigenvalue weighted by atomic mass is 9.99. The highest BCUT2D eigenvalue weighted by molar-refractivity contribution is 7.89. The van der Waals surface area contributed by atoms with Gasteiger partial charge in [0, 0.05) is 51.5 Å². The molecule has 0 aromatic heterocycles. The summed E-state index contributed by atoms with van der Waals surface area (Å²) in [5.41, 5.74) is 2.53. The molecule has 2 N–H and O–H groups in total. The van der Waals surface area contributed by atoms with Gasteiger partial charge in [0.25, 0.3) is 0 Å². The first kappa shape index (κ1) is 23.9. The fourth-order valence-electron chi connectivity index (χ4n) is 4.33. The highest BCUT2D eigenvalue weighted by Crippen LogP contribution is 2.23. The van der Waals surface area contributed by atoms with Crippen LogP contribution in [-0.2, 0) is 16.6 Å². The van der Waals surface area contributed by atoms with Crippen molar-refractivity contribution in [1.29, 1.82) is 0 Å². The van der Waals surface area contributed by atoms with Crippen molar-refractivity contribution in [3.05, 3.63) is 29.8 Å². The molecule has 0 radical (unpaired) electrons. The molecule has 0 bridgehead atoms. The summed E-state index contributed by atoms with van der Waals surface area (Å²) in [5.74, 6) is 1.85. The van der Waals surface area contributed by atoms with Crippen LogP contribution in [-0.4, -0.2) is 63.7 Å². The zero-order chi connectivity index (χ0) is 22.3. The Hall–Kier alpha value is -1.80. The van der Waals surface area contributed by atoms with Gasteiger partial charge in [-0.05, 0) is 55.7 Å². The van der Waals surface area contributed by atoms with E-state index in [0.717, 1.165) is 37.8 Å². The lowest BCUT2D eigenvalue weighted by Crippen LogP contribution is -2.49. The van der Waals surface area contributed by atoms with Crippen LogP contribution >= 0.6 is 0 Å². The van der Waals surface area contributed by atoms with Gasteiger partial charge in [-0.3, -0.25) is 4.99 Å². The molecule has 0 aliphatic carbocycles. The normalized spacial score (nSPS) is 20.1. The zero-order valence-corrected chi connectivity index (χ0v) is 20.1. The molecule has 1 aromatic carbocycles. The number of sulfonamides is 1. The number of rotatable bonds is 7.